The number of H-pyrrole nitrogens is 1. The zero-order valence-electron chi connectivity index (χ0n) is 12.3. The number of hydrogen-bond donors (Lipinski definition) is 2. The third-order valence-electron chi connectivity index (χ3n) is 3.29. The quantitative estimate of drug-likeness (QED) is 0.805. The second-order valence-corrected chi connectivity index (χ2v) is 5.19. The zero-order valence-corrected chi connectivity index (χ0v) is 12.3. The molecule has 2 N–H and O–H groups in total. The molecule has 0 atom stereocenters. The summed E-state index contributed by atoms with van der Waals surface area (Å²) in [6.45, 7) is 10.4. The molecule has 0 amide bonds. The van der Waals surface area contributed by atoms with Crippen LogP contribution in [0.1, 0.15) is 35.9 Å². The molecule has 0 aliphatic rings. The van der Waals surface area contributed by atoms with Crippen molar-refractivity contribution in [1.82, 2.24) is 15.3 Å². The Morgan fingerprint density at radius 3 is 2.47 bits per heavy atom. The number of rotatable bonds is 5. The molecule has 0 saturated carbocycles. The van der Waals surface area contributed by atoms with Gasteiger partial charge < -0.3 is 10.3 Å². The number of aromatic amines is 1. The molecule has 102 valence electrons. The molecule has 0 aliphatic carbocycles. The lowest BCUT2D eigenvalue weighted by atomic mass is 9.98. The van der Waals surface area contributed by atoms with E-state index in [2.05, 4.69) is 55.1 Å². The minimum Gasteiger partial charge on any atom is -0.341 e. The van der Waals surface area contributed by atoms with E-state index in [4.69, 9.17) is 0 Å². The van der Waals surface area contributed by atoms with Gasteiger partial charge in [0.2, 0.25) is 0 Å². The maximum Gasteiger partial charge on any atom is 0.120 e. The van der Waals surface area contributed by atoms with Crippen molar-refractivity contribution >= 4 is 0 Å². The summed E-state index contributed by atoms with van der Waals surface area (Å²) in [5, 5.41) is 3.36. The summed E-state index contributed by atoms with van der Waals surface area (Å²) in [5.41, 5.74) is 6.30. The molecule has 0 spiro atoms. The molecule has 1 aromatic heterocycles. The summed E-state index contributed by atoms with van der Waals surface area (Å²) in [5.74, 6) is 1.00. The third-order valence-corrected chi connectivity index (χ3v) is 3.29. The van der Waals surface area contributed by atoms with Gasteiger partial charge in [-0.2, -0.15) is 0 Å². The molecule has 2 rings (SSSR count). The summed E-state index contributed by atoms with van der Waals surface area (Å²) >= 11 is 0. The Labute approximate surface area is 115 Å². The van der Waals surface area contributed by atoms with E-state index in [-0.39, 0.29) is 0 Å². The lowest BCUT2D eigenvalue weighted by Crippen LogP contribution is -2.14. The highest BCUT2D eigenvalue weighted by molar-refractivity contribution is 5.67. The molecule has 3 nitrogen and oxygen atoms in total. The van der Waals surface area contributed by atoms with Gasteiger partial charge in [-0.3, -0.25) is 0 Å². The molecule has 1 heterocycles. The summed E-state index contributed by atoms with van der Waals surface area (Å²) in [6.07, 6.45) is 3.08. The van der Waals surface area contributed by atoms with E-state index in [1.165, 1.54) is 22.3 Å². The van der Waals surface area contributed by atoms with Crippen molar-refractivity contribution in [2.45, 2.75) is 40.7 Å². The van der Waals surface area contributed by atoms with Crippen LogP contribution < -0.4 is 5.32 Å². The third kappa shape index (κ3) is 3.24. The van der Waals surface area contributed by atoms with Crippen molar-refractivity contribution < 1.29 is 0 Å². The summed E-state index contributed by atoms with van der Waals surface area (Å²) < 4.78 is 0. The van der Waals surface area contributed by atoms with Gasteiger partial charge >= 0.3 is 0 Å². The highest BCUT2D eigenvalue weighted by atomic mass is 15.0. The normalized spacial score (nSPS) is 10.9. The zero-order chi connectivity index (χ0) is 13.8. The van der Waals surface area contributed by atoms with Gasteiger partial charge in [-0.05, 0) is 44.9 Å². The van der Waals surface area contributed by atoms with Crippen LogP contribution in [0.25, 0.3) is 11.3 Å². The Morgan fingerprint density at radius 1 is 1.16 bits per heavy atom. The monoisotopic (exact) mass is 257 g/mol. The van der Waals surface area contributed by atoms with Crippen LogP contribution in [0.4, 0.5) is 0 Å². The fourth-order valence-electron chi connectivity index (χ4n) is 2.57. The Hall–Kier alpha value is -1.61. The maximum absolute atomic E-state index is 4.45. The number of hydrogen-bond acceptors (Lipinski definition) is 2. The molecule has 2 aromatic rings. The minimum atomic E-state index is 0.803. The molecule has 0 bridgehead atoms. The fraction of sp³-hybridized carbons (Fsp3) is 0.438. The summed E-state index contributed by atoms with van der Waals surface area (Å²) in [4.78, 5) is 7.87. The first-order chi connectivity index (χ1) is 9.11. The lowest BCUT2D eigenvalue weighted by Gasteiger charge is -2.09. The van der Waals surface area contributed by atoms with Gasteiger partial charge in [0, 0.05) is 5.56 Å². The molecule has 0 unspecified atom stereocenters. The SMILES string of the molecule is CCCNCc1ncc(-c2c(C)cc(C)cc2C)[nH]1. The van der Waals surface area contributed by atoms with Gasteiger partial charge in [0.1, 0.15) is 5.82 Å². The van der Waals surface area contributed by atoms with Crippen LogP contribution in [0.5, 0.6) is 0 Å². The van der Waals surface area contributed by atoms with Gasteiger partial charge in [0.15, 0.2) is 0 Å². The van der Waals surface area contributed by atoms with Crippen LogP contribution >= 0.6 is 0 Å². The average molecular weight is 257 g/mol. The van der Waals surface area contributed by atoms with Crippen LogP contribution in [0.15, 0.2) is 18.3 Å². The first-order valence-corrected chi connectivity index (χ1v) is 6.94. The molecule has 0 aliphatic heterocycles. The van der Waals surface area contributed by atoms with Crippen molar-refractivity contribution in [3.63, 3.8) is 0 Å². The average Bonchev–Trinajstić information content (AvgIpc) is 2.76. The van der Waals surface area contributed by atoms with E-state index in [1.54, 1.807) is 0 Å². The van der Waals surface area contributed by atoms with Crippen molar-refractivity contribution in [3.05, 3.63) is 40.8 Å². The van der Waals surface area contributed by atoms with Crippen LogP contribution in [0.2, 0.25) is 0 Å². The standard InChI is InChI=1S/C16H23N3/c1-5-6-17-10-15-18-9-14(19-15)16-12(3)7-11(2)8-13(16)4/h7-9,17H,5-6,10H2,1-4H3,(H,18,19). The molecule has 0 fully saturated rings. The minimum absolute atomic E-state index is 0.803. The number of imidazole rings is 1. The Morgan fingerprint density at radius 2 is 1.84 bits per heavy atom. The molecular weight excluding hydrogens is 234 g/mol. The predicted molar refractivity (Wildman–Crippen MR) is 80.2 cm³/mol. The number of benzene rings is 1. The first-order valence-electron chi connectivity index (χ1n) is 6.94. The van der Waals surface area contributed by atoms with E-state index in [0.717, 1.165) is 31.0 Å². The van der Waals surface area contributed by atoms with Crippen LogP contribution in [-0.4, -0.2) is 16.5 Å². The Bertz CT molecular complexity index is 532. The van der Waals surface area contributed by atoms with E-state index >= 15 is 0 Å². The number of aromatic nitrogens is 2. The maximum atomic E-state index is 4.45. The van der Waals surface area contributed by atoms with E-state index < -0.39 is 0 Å². The molecule has 1 aromatic carbocycles. The number of aryl methyl sites for hydroxylation is 3. The predicted octanol–water partition coefficient (Wildman–Crippen LogP) is 3.50. The second kappa shape index (κ2) is 6.02. The molecule has 19 heavy (non-hydrogen) atoms. The molecule has 0 radical (unpaired) electrons. The largest absolute Gasteiger partial charge is 0.341 e. The topological polar surface area (TPSA) is 40.7 Å². The molecule has 0 saturated heterocycles. The smallest absolute Gasteiger partial charge is 0.120 e. The van der Waals surface area contributed by atoms with E-state index in [1.807, 2.05) is 6.20 Å². The molecular formula is C16H23N3. The number of nitrogens with one attached hydrogen (secondary N) is 2. The van der Waals surface area contributed by atoms with Crippen LogP contribution in [0.3, 0.4) is 0 Å². The van der Waals surface area contributed by atoms with E-state index in [0.29, 0.717) is 0 Å². The first kappa shape index (κ1) is 13.8. The summed E-state index contributed by atoms with van der Waals surface area (Å²) in [7, 11) is 0. The van der Waals surface area contributed by atoms with Crippen molar-refractivity contribution in [2.24, 2.45) is 0 Å². The van der Waals surface area contributed by atoms with Gasteiger partial charge in [0.25, 0.3) is 0 Å². The number of nitrogens with zero attached hydrogens (tertiary/aromatic N) is 1. The van der Waals surface area contributed by atoms with Gasteiger partial charge in [-0.1, -0.05) is 24.6 Å². The second-order valence-electron chi connectivity index (χ2n) is 5.19. The Balaban J connectivity index is 2.23. The Kier molecular flexibility index (Phi) is 4.38. The summed E-state index contributed by atoms with van der Waals surface area (Å²) in [6, 6.07) is 4.44. The van der Waals surface area contributed by atoms with E-state index in [9.17, 15) is 0 Å². The fourth-order valence-corrected chi connectivity index (χ4v) is 2.57. The van der Waals surface area contributed by atoms with Crippen LogP contribution in [-0.2, 0) is 6.54 Å². The highest BCUT2D eigenvalue weighted by Crippen LogP contribution is 2.26. The molecule has 3 heteroatoms. The van der Waals surface area contributed by atoms with Crippen molar-refractivity contribution in [2.75, 3.05) is 6.54 Å². The lowest BCUT2D eigenvalue weighted by molar-refractivity contribution is 0.655. The van der Waals surface area contributed by atoms with Gasteiger partial charge in [-0.15, -0.1) is 0 Å². The van der Waals surface area contributed by atoms with Crippen LogP contribution in [0, 0.1) is 20.8 Å². The van der Waals surface area contributed by atoms with Crippen molar-refractivity contribution in [3.8, 4) is 11.3 Å². The van der Waals surface area contributed by atoms with Gasteiger partial charge in [-0.25, -0.2) is 4.98 Å². The van der Waals surface area contributed by atoms with Crippen molar-refractivity contribution in [1.29, 1.82) is 0 Å². The highest BCUT2D eigenvalue weighted by Gasteiger charge is 2.09. The van der Waals surface area contributed by atoms with Gasteiger partial charge in [0.05, 0.1) is 18.4 Å².